The number of aliphatic hydroxyl groups is 1. The molecule has 3 aromatic rings. The summed E-state index contributed by atoms with van der Waals surface area (Å²) < 4.78 is 0. The minimum atomic E-state index is -0.756. The second-order valence-electron chi connectivity index (χ2n) is 9.11. The van der Waals surface area contributed by atoms with E-state index in [0.717, 1.165) is 43.5 Å². The first-order valence-corrected chi connectivity index (χ1v) is 11.0. The van der Waals surface area contributed by atoms with Crippen LogP contribution in [0.3, 0.4) is 0 Å². The highest BCUT2D eigenvalue weighted by atomic mass is 16.3. The number of anilines is 1. The molecule has 2 aromatic heterocycles. The molecule has 1 aromatic carbocycles. The average molecular weight is 432 g/mol. The molecule has 8 heteroatoms. The van der Waals surface area contributed by atoms with Crippen LogP contribution in [0.1, 0.15) is 31.2 Å². The molecule has 1 atom stereocenters. The molecule has 32 heavy (non-hydrogen) atoms. The van der Waals surface area contributed by atoms with Crippen molar-refractivity contribution >= 4 is 5.69 Å². The topological polar surface area (TPSA) is 90.3 Å². The predicted octanol–water partition coefficient (Wildman–Crippen LogP) is 2.39. The molecule has 0 radical (unpaired) electrons. The number of hydrogen-bond acceptors (Lipinski definition) is 8. The summed E-state index contributed by atoms with van der Waals surface area (Å²) >= 11 is 0. The quantitative estimate of drug-likeness (QED) is 0.651. The zero-order chi connectivity index (χ0) is 22.2. The van der Waals surface area contributed by atoms with E-state index in [1.165, 1.54) is 11.9 Å². The Morgan fingerprint density at radius 1 is 0.969 bits per heavy atom. The van der Waals surface area contributed by atoms with Gasteiger partial charge in [-0.1, -0.05) is 30.3 Å². The van der Waals surface area contributed by atoms with E-state index in [1.54, 1.807) is 24.8 Å². The highest BCUT2D eigenvalue weighted by Crippen LogP contribution is 2.46. The van der Waals surface area contributed by atoms with Gasteiger partial charge in [-0.15, -0.1) is 0 Å². The third-order valence-corrected chi connectivity index (χ3v) is 7.19. The number of aliphatic hydroxyl groups excluding tert-OH is 1. The van der Waals surface area contributed by atoms with Crippen LogP contribution in [-0.2, 0) is 5.54 Å². The van der Waals surface area contributed by atoms with Crippen molar-refractivity contribution in [3.8, 4) is 11.4 Å². The van der Waals surface area contributed by atoms with Crippen LogP contribution in [0.2, 0.25) is 0 Å². The first-order valence-electron chi connectivity index (χ1n) is 11.0. The van der Waals surface area contributed by atoms with Crippen LogP contribution >= 0.6 is 0 Å². The molecule has 0 bridgehead atoms. The summed E-state index contributed by atoms with van der Waals surface area (Å²) in [5, 5.41) is 14.3. The molecule has 8 nitrogen and oxygen atoms in total. The van der Waals surface area contributed by atoms with Gasteiger partial charge in [0.05, 0.1) is 23.6 Å². The molecule has 2 fully saturated rings. The van der Waals surface area contributed by atoms with Crippen molar-refractivity contribution in [2.75, 3.05) is 25.5 Å². The van der Waals surface area contributed by atoms with Crippen molar-refractivity contribution in [2.24, 2.45) is 0 Å². The lowest BCUT2D eigenvalue weighted by Crippen LogP contribution is -2.54. The normalized spacial score (nSPS) is 27.9. The zero-order valence-electron chi connectivity index (χ0n) is 18.5. The van der Waals surface area contributed by atoms with Gasteiger partial charge in [-0.25, -0.2) is 19.9 Å². The summed E-state index contributed by atoms with van der Waals surface area (Å²) in [4.78, 5) is 21.3. The Balaban J connectivity index is 1.32. The number of aromatic nitrogens is 4. The van der Waals surface area contributed by atoms with Crippen LogP contribution in [-0.4, -0.2) is 62.5 Å². The van der Waals surface area contributed by atoms with E-state index in [0.29, 0.717) is 5.82 Å². The molecular formula is C24H29N7O. The molecule has 2 aliphatic rings. The van der Waals surface area contributed by atoms with Gasteiger partial charge >= 0.3 is 0 Å². The number of rotatable bonds is 4. The molecule has 5 rings (SSSR count). The van der Waals surface area contributed by atoms with Gasteiger partial charge in [0.25, 0.3) is 0 Å². The Morgan fingerprint density at radius 3 is 2.25 bits per heavy atom. The highest BCUT2D eigenvalue weighted by Gasteiger charge is 2.50. The van der Waals surface area contributed by atoms with Gasteiger partial charge in [-0.3, -0.25) is 10.2 Å². The highest BCUT2D eigenvalue weighted by molar-refractivity contribution is 5.54. The van der Waals surface area contributed by atoms with Crippen LogP contribution in [0.4, 0.5) is 5.69 Å². The maximum atomic E-state index is 10.8. The van der Waals surface area contributed by atoms with E-state index in [-0.39, 0.29) is 11.1 Å². The summed E-state index contributed by atoms with van der Waals surface area (Å²) in [6, 6.07) is 10.8. The van der Waals surface area contributed by atoms with E-state index >= 15 is 0 Å². The van der Waals surface area contributed by atoms with E-state index < -0.39 is 6.35 Å². The van der Waals surface area contributed by atoms with E-state index in [1.807, 2.05) is 4.90 Å². The van der Waals surface area contributed by atoms with Crippen LogP contribution in [0, 0.1) is 0 Å². The monoisotopic (exact) mass is 431 g/mol. The number of hydrogen-bond donors (Lipinski definition) is 2. The molecule has 0 amide bonds. The minimum Gasteiger partial charge on any atom is -0.361 e. The summed E-state index contributed by atoms with van der Waals surface area (Å²) in [5.74, 6) is 0.571. The molecule has 1 aliphatic carbocycles. The van der Waals surface area contributed by atoms with Crippen molar-refractivity contribution in [1.82, 2.24) is 30.2 Å². The van der Waals surface area contributed by atoms with Crippen molar-refractivity contribution in [2.45, 2.75) is 43.1 Å². The molecule has 3 heterocycles. The summed E-state index contributed by atoms with van der Waals surface area (Å²) in [6.45, 7) is 0.726. The lowest BCUT2D eigenvalue weighted by molar-refractivity contribution is 0.0513. The number of benzene rings is 1. The van der Waals surface area contributed by atoms with E-state index in [4.69, 9.17) is 0 Å². The molecule has 1 spiro atoms. The van der Waals surface area contributed by atoms with Gasteiger partial charge in [0, 0.05) is 30.0 Å². The van der Waals surface area contributed by atoms with Gasteiger partial charge in [-0.2, -0.15) is 0 Å². The Labute approximate surface area is 188 Å². The molecule has 2 N–H and O–H groups in total. The lowest BCUT2D eigenvalue weighted by atomic mass is 9.69. The largest absolute Gasteiger partial charge is 0.361 e. The maximum absolute atomic E-state index is 10.8. The second-order valence-corrected chi connectivity index (χ2v) is 9.11. The fourth-order valence-electron chi connectivity index (χ4n) is 5.26. The fraction of sp³-hybridized carbons (Fsp3) is 0.417. The molecule has 1 aliphatic heterocycles. The van der Waals surface area contributed by atoms with Gasteiger partial charge in [0.15, 0.2) is 12.2 Å². The Bertz CT molecular complexity index is 1030. The molecular weight excluding hydrogens is 402 g/mol. The van der Waals surface area contributed by atoms with E-state index in [2.05, 4.69) is 74.6 Å². The smallest absolute Gasteiger partial charge is 0.184 e. The Kier molecular flexibility index (Phi) is 5.36. The van der Waals surface area contributed by atoms with Gasteiger partial charge in [0.2, 0.25) is 0 Å². The van der Waals surface area contributed by atoms with Crippen molar-refractivity contribution in [3.05, 3.63) is 67.0 Å². The predicted molar refractivity (Wildman–Crippen MR) is 123 cm³/mol. The summed E-state index contributed by atoms with van der Waals surface area (Å²) in [5.41, 5.74) is 2.83. The molecule has 1 saturated heterocycles. The van der Waals surface area contributed by atoms with Crippen molar-refractivity contribution in [3.63, 3.8) is 0 Å². The molecule has 166 valence electrons. The average Bonchev–Trinajstić information content (AvgIpc) is 3.16. The minimum absolute atomic E-state index is 0.0229. The molecule has 1 saturated carbocycles. The summed E-state index contributed by atoms with van der Waals surface area (Å²) in [7, 11) is 4.34. The summed E-state index contributed by atoms with van der Waals surface area (Å²) in [6.07, 6.45) is 11.6. The lowest BCUT2D eigenvalue weighted by Gasteiger charge is -2.49. The Hall–Kier alpha value is -2.94. The third kappa shape index (κ3) is 3.64. The second kappa shape index (κ2) is 8.20. The van der Waals surface area contributed by atoms with Gasteiger partial charge < -0.3 is 10.0 Å². The maximum Gasteiger partial charge on any atom is 0.184 e. The van der Waals surface area contributed by atoms with Gasteiger partial charge in [-0.05, 0) is 45.3 Å². The number of nitrogens with one attached hydrogen (secondary N) is 1. The Morgan fingerprint density at radius 2 is 1.62 bits per heavy atom. The standard InChI is InChI=1S/C24H29N7O/c1-30(2)24(19-6-4-3-5-7-19)10-8-23(9-11-24)16-31(22(32)29-23)20-14-27-21(28-15-20)18-12-25-17-26-13-18/h3-7,12-15,17,22,29,32H,8-11,16H2,1-2H3/t22?,23-,24+. The first-order chi connectivity index (χ1) is 15.5. The van der Waals surface area contributed by atoms with Crippen LogP contribution in [0.5, 0.6) is 0 Å². The first kappa shape index (κ1) is 20.9. The van der Waals surface area contributed by atoms with Crippen molar-refractivity contribution < 1.29 is 5.11 Å². The number of nitrogens with zero attached hydrogens (tertiary/aromatic N) is 6. The van der Waals surface area contributed by atoms with Crippen molar-refractivity contribution in [1.29, 1.82) is 0 Å². The van der Waals surface area contributed by atoms with E-state index in [9.17, 15) is 5.11 Å². The third-order valence-electron chi connectivity index (χ3n) is 7.19. The van der Waals surface area contributed by atoms with Crippen LogP contribution < -0.4 is 10.2 Å². The van der Waals surface area contributed by atoms with Crippen LogP contribution in [0.15, 0.2) is 61.4 Å². The van der Waals surface area contributed by atoms with Crippen LogP contribution in [0.25, 0.3) is 11.4 Å². The SMILES string of the molecule is CN(C)[C@]1(c2ccccc2)CC[C@]2(CC1)CN(c1cnc(-c3cncnc3)nc1)C(O)N2. The molecule has 1 unspecified atom stereocenters. The van der Waals surface area contributed by atoms with Gasteiger partial charge in [0.1, 0.15) is 6.33 Å². The fourth-order valence-corrected chi connectivity index (χ4v) is 5.26. The zero-order valence-corrected chi connectivity index (χ0v) is 18.5.